The molecule has 28 heavy (non-hydrogen) atoms. The van der Waals surface area contributed by atoms with Gasteiger partial charge in [-0.25, -0.2) is 0 Å². The molecule has 150 valence electrons. The van der Waals surface area contributed by atoms with Crippen molar-refractivity contribution in [3.63, 3.8) is 0 Å². The highest BCUT2D eigenvalue weighted by molar-refractivity contribution is 7.19. The second-order valence-corrected chi connectivity index (χ2v) is 7.76. The van der Waals surface area contributed by atoms with Crippen molar-refractivity contribution < 1.29 is 14.7 Å². The lowest BCUT2D eigenvalue weighted by Gasteiger charge is -2.25. The van der Waals surface area contributed by atoms with E-state index >= 15 is 0 Å². The average molecular weight is 403 g/mol. The number of thiophene rings is 1. The second-order valence-electron chi connectivity index (χ2n) is 6.64. The molecule has 1 saturated heterocycles. The van der Waals surface area contributed by atoms with Crippen LogP contribution in [0.2, 0.25) is 0 Å². The Morgan fingerprint density at radius 2 is 2.00 bits per heavy atom. The molecule has 1 fully saturated rings. The van der Waals surface area contributed by atoms with E-state index in [0.29, 0.717) is 44.9 Å². The van der Waals surface area contributed by atoms with Crippen LogP contribution in [0.15, 0.2) is 35.3 Å². The maximum absolute atomic E-state index is 11.9. The first kappa shape index (κ1) is 20.3. The Morgan fingerprint density at radius 3 is 2.71 bits per heavy atom. The molecule has 0 spiro atoms. The topological polar surface area (TPSA) is 94.0 Å². The van der Waals surface area contributed by atoms with Crippen LogP contribution < -0.4 is 10.6 Å². The second kappa shape index (κ2) is 9.66. The quantitative estimate of drug-likeness (QED) is 0.374. The van der Waals surface area contributed by atoms with Crippen LogP contribution in [0.3, 0.4) is 0 Å². The zero-order chi connectivity index (χ0) is 19.9. The Bertz CT molecular complexity index is 815. The van der Waals surface area contributed by atoms with Gasteiger partial charge in [0.15, 0.2) is 5.96 Å². The number of likely N-dealkylation sites (tertiary alicyclic amines) is 1. The number of nitrogens with one attached hydrogen (secondary N) is 2. The first-order valence-electron chi connectivity index (χ1n) is 9.60. The number of hydrogen-bond acceptors (Lipinski definition) is 5. The van der Waals surface area contributed by atoms with Crippen LogP contribution in [-0.4, -0.2) is 54.0 Å². The lowest BCUT2D eigenvalue weighted by Crippen LogP contribution is -2.46. The third kappa shape index (κ3) is 5.08. The van der Waals surface area contributed by atoms with Gasteiger partial charge in [-0.15, -0.1) is 11.3 Å². The Labute approximate surface area is 168 Å². The molecular formula is C20H26N4O3S. The predicted octanol–water partition coefficient (Wildman–Crippen LogP) is 2.03. The van der Waals surface area contributed by atoms with Crippen LogP contribution in [0.5, 0.6) is 0 Å². The minimum Gasteiger partial charge on any atom is -0.386 e. The predicted molar refractivity (Wildman–Crippen MR) is 111 cm³/mol. The first-order valence-corrected chi connectivity index (χ1v) is 10.4. The molecule has 1 aromatic heterocycles. The maximum atomic E-state index is 11.9. The highest BCUT2D eigenvalue weighted by atomic mass is 32.1. The third-order valence-electron chi connectivity index (χ3n) is 4.55. The van der Waals surface area contributed by atoms with Gasteiger partial charge in [-0.3, -0.25) is 19.5 Å². The molecule has 0 aliphatic carbocycles. The van der Waals surface area contributed by atoms with Gasteiger partial charge in [0.2, 0.25) is 11.8 Å². The zero-order valence-corrected chi connectivity index (χ0v) is 16.8. The molecule has 2 amide bonds. The number of rotatable bonds is 7. The molecule has 2 aromatic rings. The van der Waals surface area contributed by atoms with E-state index in [2.05, 4.69) is 15.6 Å². The van der Waals surface area contributed by atoms with Crippen LogP contribution in [-0.2, 0) is 9.59 Å². The number of benzene rings is 1. The molecule has 1 aromatic carbocycles. The van der Waals surface area contributed by atoms with Gasteiger partial charge in [-0.05, 0) is 30.9 Å². The number of amides is 2. The van der Waals surface area contributed by atoms with Crippen LogP contribution in [0, 0.1) is 0 Å². The van der Waals surface area contributed by atoms with E-state index in [4.69, 9.17) is 0 Å². The molecular weight excluding hydrogens is 376 g/mol. The number of nitrogens with zero attached hydrogens (tertiary/aromatic N) is 2. The van der Waals surface area contributed by atoms with Gasteiger partial charge in [0.25, 0.3) is 0 Å². The molecule has 1 aliphatic heterocycles. The number of fused-ring (bicyclic) bond motifs is 1. The normalized spacial score (nSPS) is 16.5. The summed E-state index contributed by atoms with van der Waals surface area (Å²) in [5.41, 5.74) is 0. The summed E-state index contributed by atoms with van der Waals surface area (Å²) < 4.78 is 1.14. The van der Waals surface area contributed by atoms with E-state index in [1.807, 2.05) is 37.3 Å². The van der Waals surface area contributed by atoms with Gasteiger partial charge >= 0.3 is 0 Å². The van der Waals surface area contributed by atoms with E-state index in [1.165, 1.54) is 4.90 Å². The van der Waals surface area contributed by atoms with Crippen molar-refractivity contribution in [2.75, 3.05) is 26.2 Å². The van der Waals surface area contributed by atoms with Gasteiger partial charge in [-0.2, -0.15) is 0 Å². The highest BCUT2D eigenvalue weighted by Crippen LogP contribution is 2.29. The van der Waals surface area contributed by atoms with Crippen molar-refractivity contribution in [1.29, 1.82) is 0 Å². The van der Waals surface area contributed by atoms with Crippen molar-refractivity contribution in [1.82, 2.24) is 15.5 Å². The molecule has 3 N–H and O–H groups in total. The van der Waals surface area contributed by atoms with E-state index in [9.17, 15) is 14.7 Å². The zero-order valence-electron chi connectivity index (χ0n) is 16.0. The van der Waals surface area contributed by atoms with E-state index in [-0.39, 0.29) is 18.4 Å². The van der Waals surface area contributed by atoms with Gasteiger partial charge in [0.05, 0.1) is 6.54 Å². The number of aliphatic imine (C=N–C) groups is 1. The minimum absolute atomic E-state index is 0.111. The Balaban J connectivity index is 1.55. The average Bonchev–Trinajstić information content (AvgIpc) is 3.12. The first-order chi connectivity index (χ1) is 13.6. The molecule has 8 heteroatoms. The number of hydrogen-bond donors (Lipinski definition) is 3. The van der Waals surface area contributed by atoms with Gasteiger partial charge in [0, 0.05) is 42.1 Å². The fraction of sp³-hybridized carbons (Fsp3) is 0.450. The van der Waals surface area contributed by atoms with E-state index < -0.39 is 6.10 Å². The smallest absolute Gasteiger partial charge is 0.229 e. The lowest BCUT2D eigenvalue weighted by atomic mass is 10.1. The summed E-state index contributed by atoms with van der Waals surface area (Å²) in [6, 6.07) is 10.0. The number of carbonyl (C=O) groups is 2. The Hall–Kier alpha value is -2.45. The number of aliphatic hydroxyl groups is 1. The van der Waals surface area contributed by atoms with E-state index in [0.717, 1.165) is 15.0 Å². The number of guanidine groups is 1. The van der Waals surface area contributed by atoms with Gasteiger partial charge < -0.3 is 15.7 Å². The summed E-state index contributed by atoms with van der Waals surface area (Å²) in [7, 11) is 0. The molecule has 7 nitrogen and oxygen atoms in total. The van der Waals surface area contributed by atoms with Crippen LogP contribution >= 0.6 is 11.3 Å². The number of aliphatic hydroxyl groups excluding tert-OH is 1. The van der Waals surface area contributed by atoms with Crippen molar-refractivity contribution in [3.05, 3.63) is 35.2 Å². The Morgan fingerprint density at radius 1 is 1.25 bits per heavy atom. The van der Waals surface area contributed by atoms with Crippen molar-refractivity contribution >= 4 is 39.2 Å². The maximum Gasteiger partial charge on any atom is 0.229 e. The number of imide groups is 1. The summed E-state index contributed by atoms with van der Waals surface area (Å²) in [4.78, 5) is 30.3. The molecule has 3 rings (SSSR count). The molecule has 2 heterocycles. The molecule has 0 bridgehead atoms. The standard InChI is InChI=1S/C20H26N4O3S/c1-2-21-20(22-10-11-24-18(26)8-5-9-19(24)27)23-13-15(25)17-12-14-6-3-4-7-16(14)28-17/h3-4,6-7,12,15,25H,2,5,8-11,13H2,1H3,(H2,21,22,23). The summed E-state index contributed by atoms with van der Waals surface area (Å²) >= 11 is 1.57. The summed E-state index contributed by atoms with van der Waals surface area (Å²) in [5, 5.41) is 17.9. The molecule has 1 atom stereocenters. The lowest BCUT2D eigenvalue weighted by molar-refractivity contribution is -0.147. The van der Waals surface area contributed by atoms with E-state index in [1.54, 1.807) is 11.3 Å². The summed E-state index contributed by atoms with van der Waals surface area (Å²) in [5.74, 6) is 0.333. The molecule has 0 radical (unpaired) electrons. The number of carbonyl (C=O) groups excluding carboxylic acids is 2. The fourth-order valence-electron chi connectivity index (χ4n) is 3.11. The molecule has 1 unspecified atom stereocenters. The van der Waals surface area contributed by atoms with Crippen molar-refractivity contribution in [2.24, 2.45) is 4.99 Å². The van der Waals surface area contributed by atoms with Gasteiger partial charge in [0.1, 0.15) is 6.10 Å². The largest absolute Gasteiger partial charge is 0.386 e. The minimum atomic E-state index is -0.682. The van der Waals surface area contributed by atoms with Crippen LogP contribution in [0.4, 0.5) is 0 Å². The third-order valence-corrected chi connectivity index (χ3v) is 5.77. The highest BCUT2D eigenvalue weighted by Gasteiger charge is 2.25. The summed E-state index contributed by atoms with van der Waals surface area (Å²) in [6.45, 7) is 3.59. The number of piperidine rings is 1. The van der Waals surface area contributed by atoms with Crippen LogP contribution in [0.1, 0.15) is 37.2 Å². The molecule has 0 saturated carbocycles. The van der Waals surface area contributed by atoms with Gasteiger partial charge in [-0.1, -0.05) is 18.2 Å². The SMILES string of the molecule is CCNC(=NCC(O)c1cc2ccccc2s1)NCCN1C(=O)CCCC1=O. The molecule has 1 aliphatic rings. The van der Waals surface area contributed by atoms with Crippen LogP contribution in [0.25, 0.3) is 10.1 Å². The fourth-order valence-corrected chi connectivity index (χ4v) is 4.15. The summed E-state index contributed by atoms with van der Waals surface area (Å²) in [6.07, 6.45) is 0.821. The van der Waals surface area contributed by atoms with Crippen molar-refractivity contribution in [3.8, 4) is 0 Å². The van der Waals surface area contributed by atoms with Crippen molar-refractivity contribution in [2.45, 2.75) is 32.3 Å². The Kier molecular flexibility index (Phi) is 7.00. The monoisotopic (exact) mass is 402 g/mol.